The molecule has 3 nitrogen and oxygen atoms in total. The molecule has 1 aliphatic rings. The number of benzene rings is 1. The van der Waals surface area contributed by atoms with Crippen molar-refractivity contribution in [2.24, 2.45) is 5.92 Å². The van der Waals surface area contributed by atoms with Gasteiger partial charge in [-0.1, -0.05) is 31.9 Å². The molecule has 23 heavy (non-hydrogen) atoms. The Hall–Kier alpha value is -1.67. The van der Waals surface area contributed by atoms with Crippen LogP contribution in [0.4, 0.5) is 0 Å². The third kappa shape index (κ3) is 4.00. The summed E-state index contributed by atoms with van der Waals surface area (Å²) in [4.78, 5) is 2.28. The molecule has 2 aromatic rings. The Morgan fingerprint density at radius 2 is 1.87 bits per heavy atom. The van der Waals surface area contributed by atoms with Crippen LogP contribution < -0.4 is 0 Å². The second-order valence-corrected chi connectivity index (χ2v) is 7.01. The zero-order chi connectivity index (χ0) is 16.1. The van der Waals surface area contributed by atoms with Crippen LogP contribution in [-0.4, -0.2) is 13.2 Å². The first-order chi connectivity index (χ1) is 11.3. The molecule has 1 fully saturated rings. The van der Waals surface area contributed by atoms with E-state index in [2.05, 4.69) is 25.1 Å². The van der Waals surface area contributed by atoms with Gasteiger partial charge in [0.15, 0.2) is 6.29 Å². The van der Waals surface area contributed by atoms with Crippen LogP contribution in [0.25, 0.3) is 10.4 Å². The lowest BCUT2D eigenvalue weighted by Crippen LogP contribution is -2.26. The molecule has 1 aromatic carbocycles. The average molecular weight is 327 g/mol. The third-order valence-electron chi connectivity index (χ3n) is 4.09. The third-order valence-corrected chi connectivity index (χ3v) is 5.25. The summed E-state index contributed by atoms with van der Waals surface area (Å²) < 4.78 is 11.8. The van der Waals surface area contributed by atoms with E-state index in [0.717, 1.165) is 23.7 Å². The van der Waals surface area contributed by atoms with Crippen LogP contribution in [0.2, 0.25) is 0 Å². The summed E-state index contributed by atoms with van der Waals surface area (Å²) in [7, 11) is 0. The molecule has 0 N–H and O–H groups in total. The Bertz CT molecular complexity index is 663. The molecule has 0 spiro atoms. The summed E-state index contributed by atoms with van der Waals surface area (Å²) in [6.07, 6.45) is 3.41. The highest BCUT2D eigenvalue weighted by atomic mass is 32.1. The maximum Gasteiger partial charge on any atom is 0.193 e. The van der Waals surface area contributed by atoms with Gasteiger partial charge in [0, 0.05) is 10.8 Å². The molecular weight excluding hydrogens is 306 g/mol. The summed E-state index contributed by atoms with van der Waals surface area (Å²) in [5, 5.41) is 8.87. The van der Waals surface area contributed by atoms with Crippen molar-refractivity contribution in [3.05, 3.63) is 46.8 Å². The lowest BCUT2D eigenvalue weighted by atomic mass is 10.0. The minimum Gasteiger partial charge on any atom is -0.347 e. The maximum absolute atomic E-state index is 8.87. The van der Waals surface area contributed by atoms with E-state index in [1.54, 1.807) is 11.3 Å². The quantitative estimate of drug-likeness (QED) is 0.763. The van der Waals surface area contributed by atoms with Gasteiger partial charge in [-0.05, 0) is 36.2 Å². The molecule has 0 unspecified atom stereocenters. The molecule has 0 radical (unpaired) electrons. The standard InChI is InChI=1S/C19H21NO2S/c1-2-3-4-15-12-21-19(22-13-15)18-10-9-17(23-18)16-7-5-14(11-20)6-8-16/h5-10,15,19H,2-4,12-13H2,1H3. The van der Waals surface area contributed by atoms with Crippen molar-refractivity contribution in [3.63, 3.8) is 0 Å². The number of rotatable bonds is 5. The van der Waals surface area contributed by atoms with E-state index in [0.29, 0.717) is 11.5 Å². The SMILES string of the molecule is CCCCC1COC(c2ccc(-c3ccc(C#N)cc3)s2)OC1. The maximum atomic E-state index is 8.87. The smallest absolute Gasteiger partial charge is 0.193 e. The molecule has 0 amide bonds. The van der Waals surface area contributed by atoms with Crippen molar-refractivity contribution < 1.29 is 9.47 Å². The molecule has 0 aliphatic carbocycles. The van der Waals surface area contributed by atoms with Gasteiger partial charge in [0.05, 0.1) is 29.7 Å². The van der Waals surface area contributed by atoms with Gasteiger partial charge in [-0.15, -0.1) is 11.3 Å². The predicted molar refractivity (Wildman–Crippen MR) is 92.1 cm³/mol. The highest BCUT2D eigenvalue weighted by Crippen LogP contribution is 2.35. The van der Waals surface area contributed by atoms with Crippen LogP contribution >= 0.6 is 11.3 Å². The van der Waals surface area contributed by atoms with Gasteiger partial charge in [0.25, 0.3) is 0 Å². The summed E-state index contributed by atoms with van der Waals surface area (Å²) in [5.74, 6) is 0.532. The van der Waals surface area contributed by atoms with Gasteiger partial charge in [-0.25, -0.2) is 0 Å². The second-order valence-electron chi connectivity index (χ2n) is 5.90. The van der Waals surface area contributed by atoms with E-state index in [1.165, 1.54) is 24.1 Å². The van der Waals surface area contributed by atoms with Gasteiger partial charge in [-0.2, -0.15) is 5.26 Å². The molecule has 120 valence electrons. The minimum absolute atomic E-state index is 0.231. The van der Waals surface area contributed by atoms with Gasteiger partial charge in [-0.3, -0.25) is 0 Å². The molecule has 2 heterocycles. The van der Waals surface area contributed by atoms with Crippen molar-refractivity contribution in [3.8, 4) is 16.5 Å². The highest BCUT2D eigenvalue weighted by molar-refractivity contribution is 7.15. The van der Waals surface area contributed by atoms with Gasteiger partial charge in [0.1, 0.15) is 0 Å². The first-order valence-corrected chi connectivity index (χ1v) is 8.95. The molecule has 3 rings (SSSR count). The van der Waals surface area contributed by atoms with Crippen molar-refractivity contribution in [1.29, 1.82) is 5.26 Å². The molecule has 1 aliphatic heterocycles. The number of hydrogen-bond acceptors (Lipinski definition) is 4. The van der Waals surface area contributed by atoms with Gasteiger partial charge < -0.3 is 9.47 Å². The molecule has 0 saturated carbocycles. The lowest BCUT2D eigenvalue weighted by Gasteiger charge is -2.28. The fourth-order valence-electron chi connectivity index (χ4n) is 2.71. The zero-order valence-corrected chi connectivity index (χ0v) is 14.1. The lowest BCUT2D eigenvalue weighted by molar-refractivity contribution is -0.204. The van der Waals surface area contributed by atoms with Gasteiger partial charge >= 0.3 is 0 Å². The van der Waals surface area contributed by atoms with E-state index < -0.39 is 0 Å². The molecular formula is C19H21NO2S. The largest absolute Gasteiger partial charge is 0.347 e. The number of nitrogens with zero attached hydrogens (tertiary/aromatic N) is 1. The predicted octanol–water partition coefficient (Wildman–Crippen LogP) is 5.14. The summed E-state index contributed by atoms with van der Waals surface area (Å²) >= 11 is 1.69. The van der Waals surface area contributed by atoms with Crippen LogP contribution in [0.3, 0.4) is 0 Å². The van der Waals surface area contributed by atoms with E-state index in [4.69, 9.17) is 14.7 Å². The van der Waals surface area contributed by atoms with Crippen molar-refractivity contribution >= 4 is 11.3 Å². The van der Waals surface area contributed by atoms with E-state index in [9.17, 15) is 0 Å². The molecule has 1 saturated heterocycles. The summed E-state index contributed by atoms with van der Waals surface area (Å²) in [6, 6.07) is 14.0. The first-order valence-electron chi connectivity index (χ1n) is 8.13. The number of ether oxygens (including phenoxy) is 2. The van der Waals surface area contributed by atoms with Crippen molar-refractivity contribution in [1.82, 2.24) is 0 Å². The van der Waals surface area contributed by atoms with Crippen LogP contribution in [0.1, 0.15) is 42.9 Å². The summed E-state index contributed by atoms with van der Waals surface area (Å²) in [6.45, 7) is 3.78. The second kappa shape index (κ2) is 7.74. The van der Waals surface area contributed by atoms with E-state index in [1.807, 2.05) is 24.3 Å². The highest BCUT2D eigenvalue weighted by Gasteiger charge is 2.24. The van der Waals surface area contributed by atoms with Gasteiger partial charge in [0.2, 0.25) is 0 Å². The fourth-order valence-corrected chi connectivity index (χ4v) is 3.72. The van der Waals surface area contributed by atoms with Crippen LogP contribution in [-0.2, 0) is 9.47 Å². The van der Waals surface area contributed by atoms with E-state index >= 15 is 0 Å². The monoisotopic (exact) mass is 327 g/mol. The topological polar surface area (TPSA) is 42.2 Å². The Morgan fingerprint density at radius 3 is 2.52 bits per heavy atom. The number of thiophene rings is 1. The Morgan fingerprint density at radius 1 is 1.13 bits per heavy atom. The van der Waals surface area contributed by atoms with Crippen molar-refractivity contribution in [2.75, 3.05) is 13.2 Å². The van der Waals surface area contributed by atoms with Crippen LogP contribution in [0.5, 0.6) is 0 Å². The first kappa shape index (κ1) is 16.2. The Kier molecular flexibility index (Phi) is 5.45. The zero-order valence-electron chi connectivity index (χ0n) is 13.3. The fraction of sp³-hybridized carbons (Fsp3) is 0.421. The molecule has 0 atom stereocenters. The average Bonchev–Trinajstić information content (AvgIpc) is 3.10. The molecule has 0 bridgehead atoms. The number of hydrogen-bond donors (Lipinski definition) is 0. The van der Waals surface area contributed by atoms with Crippen LogP contribution in [0, 0.1) is 17.2 Å². The number of nitriles is 1. The van der Waals surface area contributed by atoms with Crippen LogP contribution in [0.15, 0.2) is 36.4 Å². The van der Waals surface area contributed by atoms with E-state index in [-0.39, 0.29) is 6.29 Å². The van der Waals surface area contributed by atoms with Crippen molar-refractivity contribution in [2.45, 2.75) is 32.5 Å². The normalized spacial score (nSPS) is 21.0. The Labute approximate surface area is 141 Å². The minimum atomic E-state index is -0.231. The summed E-state index contributed by atoms with van der Waals surface area (Å²) in [5.41, 5.74) is 1.81. The Balaban J connectivity index is 1.62. The number of unbranched alkanes of at least 4 members (excludes halogenated alkanes) is 1. The molecule has 4 heteroatoms. The molecule has 1 aromatic heterocycles.